The van der Waals surface area contributed by atoms with E-state index in [0.29, 0.717) is 127 Å². The Morgan fingerprint density at radius 2 is 0.832 bits per heavy atom. The maximum Gasteiger partial charge on any atom is 0.295 e. The molecule has 0 radical (unpaired) electrons. The Hall–Kier alpha value is -10.2. The lowest BCUT2D eigenvalue weighted by atomic mass is 10.2. The highest BCUT2D eigenvalue weighted by Gasteiger charge is 2.16. The predicted molar refractivity (Wildman–Crippen MR) is 360 cm³/mol. The molecule has 0 aliphatic heterocycles. The number of nitrogens with zero attached hydrogens (tertiary/aromatic N) is 18. The summed E-state index contributed by atoms with van der Waals surface area (Å²) in [6.45, 7) is 2.15. The molecule has 0 saturated heterocycles. The standard InChI is InChI=1S/C12H9Cl2N5.C12H9ClFN5.C11H8Cl2N6.C11H8ClFN6.C10H9ClN6OS/c13-9-6-15-3-1-7(9)5-17-11-8-2-4-16-10(8)18-12(14)19-11;13-12-18-10-8(2-4-16-10)11(19-12)17-5-7-1-3-15-6-9(7)14;12-7-4-14-2-1-6(7)3-15-9-8-10(17-5-16-8)19-11(13)18-9;12-11-18-9(8-10(19-11)17-5-16-8)15-3-6-1-2-14-4-7(6)13;1-18-10-14-6-7(13-4-5-12-2-3-19-5)15-9(11)16-8(6)17-10/h2*1-4,6H,5H2,(H2,16,17,18,19);2*1-2,4-5H,3H2,(H2,15,16,17,18,19);2-3H,4H2,1H3,(H2,13,14,15,16,17). The molecule has 29 nitrogen and oxygen atoms in total. The summed E-state index contributed by atoms with van der Waals surface area (Å²) < 4.78 is 31.9. The summed E-state index contributed by atoms with van der Waals surface area (Å²) in [5, 5.41) is 22.0. The van der Waals surface area contributed by atoms with Gasteiger partial charge in [-0.2, -0.15) is 44.9 Å². The first-order valence-corrected chi connectivity index (χ1v) is 30.9. The quantitative estimate of drug-likeness (QED) is 0.0402. The van der Waals surface area contributed by atoms with Crippen LogP contribution in [0.2, 0.25) is 36.5 Å². The van der Waals surface area contributed by atoms with Crippen LogP contribution in [-0.2, 0) is 32.7 Å². The summed E-state index contributed by atoms with van der Waals surface area (Å²) in [6, 6.07) is 11.0. The predicted octanol–water partition coefficient (Wildman–Crippen LogP) is 12.9. The van der Waals surface area contributed by atoms with Crippen LogP contribution >= 0.6 is 92.5 Å². The number of hydrogen-bond donors (Lipinski definition) is 10. The molecule has 10 N–H and O–H groups in total. The molecule has 15 aromatic heterocycles. The second-order valence-corrected chi connectivity index (χ2v) is 22.4. The Morgan fingerprint density at radius 1 is 0.421 bits per heavy atom. The maximum atomic E-state index is 13.5. The molecule has 0 saturated carbocycles. The molecule has 15 heterocycles. The molecule has 0 amide bonds. The number of pyridine rings is 4. The fraction of sp³-hybridized carbons (Fsp3) is 0.107. The largest absolute Gasteiger partial charge is 0.468 e. The Bertz CT molecular complexity index is 4560. The Kier molecular flexibility index (Phi) is 22.1. The number of hydrogen-bond acceptors (Lipinski definition) is 25. The van der Waals surface area contributed by atoms with E-state index in [1.807, 2.05) is 29.6 Å². The van der Waals surface area contributed by atoms with Gasteiger partial charge in [0.25, 0.3) is 6.01 Å². The first kappa shape index (κ1) is 66.3. The number of anilines is 5. The van der Waals surface area contributed by atoms with Crippen LogP contribution in [0.15, 0.2) is 123 Å². The van der Waals surface area contributed by atoms with Gasteiger partial charge in [-0.25, -0.2) is 33.7 Å². The molecule has 0 fully saturated rings. The van der Waals surface area contributed by atoms with Gasteiger partial charge >= 0.3 is 0 Å². The third-order valence-corrected chi connectivity index (χ3v) is 15.2. The summed E-state index contributed by atoms with van der Waals surface area (Å²) in [7, 11) is 1.52. The van der Waals surface area contributed by atoms with Gasteiger partial charge in [0.2, 0.25) is 26.4 Å². The minimum atomic E-state index is -0.379. The fourth-order valence-corrected chi connectivity index (χ4v) is 10.2. The molecule has 39 heteroatoms. The van der Waals surface area contributed by atoms with Crippen LogP contribution in [-0.4, -0.2) is 122 Å². The second kappa shape index (κ2) is 31.6. The van der Waals surface area contributed by atoms with Crippen LogP contribution in [0.1, 0.15) is 27.3 Å². The third-order valence-electron chi connectivity index (χ3n) is 12.9. The molecule has 0 spiro atoms. The third kappa shape index (κ3) is 17.3. The number of imidazole rings is 3. The Labute approximate surface area is 572 Å². The van der Waals surface area contributed by atoms with E-state index in [1.54, 1.807) is 79.4 Å². The van der Waals surface area contributed by atoms with Crippen molar-refractivity contribution in [3.8, 4) is 6.01 Å². The number of methoxy groups -OCH3 is 1. The van der Waals surface area contributed by atoms with E-state index < -0.39 is 0 Å². The topological polar surface area (TPSA) is 380 Å². The minimum Gasteiger partial charge on any atom is -0.468 e. The van der Waals surface area contributed by atoms with Crippen molar-refractivity contribution in [2.45, 2.75) is 32.7 Å². The molecule has 0 aliphatic carbocycles. The number of aromatic amines is 5. The molecular weight excluding hydrogens is 1400 g/mol. The van der Waals surface area contributed by atoms with Gasteiger partial charge in [0.05, 0.1) is 59.5 Å². The van der Waals surface area contributed by atoms with E-state index in [2.05, 4.69) is 141 Å². The van der Waals surface area contributed by atoms with E-state index in [4.69, 9.17) is 85.9 Å². The van der Waals surface area contributed by atoms with Gasteiger partial charge in [-0.3, -0.25) is 19.9 Å². The normalized spacial score (nSPS) is 10.8. The molecule has 0 aliphatic rings. The van der Waals surface area contributed by atoms with Gasteiger partial charge in [0.15, 0.2) is 34.4 Å². The van der Waals surface area contributed by atoms with E-state index in [9.17, 15) is 8.78 Å². The van der Waals surface area contributed by atoms with Crippen LogP contribution in [0.3, 0.4) is 0 Å². The first-order chi connectivity index (χ1) is 46.2. The lowest BCUT2D eigenvalue weighted by Gasteiger charge is -2.08. The number of nitrogens with one attached hydrogen (secondary N) is 10. The van der Waals surface area contributed by atoms with Crippen molar-refractivity contribution < 1.29 is 13.5 Å². The molecule has 482 valence electrons. The van der Waals surface area contributed by atoms with Crippen molar-refractivity contribution in [2.75, 3.05) is 33.7 Å². The first-order valence-electron chi connectivity index (χ1n) is 27.3. The van der Waals surface area contributed by atoms with Crippen LogP contribution in [0.4, 0.5) is 37.9 Å². The number of halogens is 9. The number of thiazole rings is 1. The molecule has 0 atom stereocenters. The summed E-state index contributed by atoms with van der Waals surface area (Å²) >= 11 is 42.9. The summed E-state index contributed by atoms with van der Waals surface area (Å²) in [5.74, 6) is 2.12. The van der Waals surface area contributed by atoms with Crippen LogP contribution in [0.5, 0.6) is 6.01 Å². The van der Waals surface area contributed by atoms with E-state index in [0.717, 1.165) is 33.1 Å². The van der Waals surface area contributed by atoms with Crippen molar-refractivity contribution in [3.63, 3.8) is 0 Å². The highest BCUT2D eigenvalue weighted by Crippen LogP contribution is 2.27. The molecule has 0 aromatic carbocycles. The number of ether oxygens (including phenoxy) is 1. The lowest BCUT2D eigenvalue weighted by molar-refractivity contribution is 0.386. The van der Waals surface area contributed by atoms with E-state index >= 15 is 0 Å². The van der Waals surface area contributed by atoms with Gasteiger partial charge in [-0.15, -0.1) is 11.3 Å². The van der Waals surface area contributed by atoms with Crippen molar-refractivity contribution in [2.24, 2.45) is 0 Å². The molecule has 15 rings (SSSR count). The Balaban J connectivity index is 0.000000121. The van der Waals surface area contributed by atoms with Gasteiger partial charge in [0, 0.05) is 98.5 Å². The number of H-pyrrole nitrogens is 5. The highest BCUT2D eigenvalue weighted by atomic mass is 35.5. The van der Waals surface area contributed by atoms with Gasteiger partial charge in [0.1, 0.15) is 56.1 Å². The molecular formula is C56H43Cl7F2N28OS. The van der Waals surface area contributed by atoms with Gasteiger partial charge in [-0.05, 0) is 106 Å². The number of aromatic nitrogens is 23. The lowest BCUT2D eigenvalue weighted by Crippen LogP contribution is -2.05. The van der Waals surface area contributed by atoms with Crippen molar-refractivity contribution >= 4 is 177 Å². The SMILES string of the molecule is COc1nc2nc(Cl)nc(NCc3nccs3)c2[nH]1.Clc1nc(NCc2ccncc2Cl)c2[nH]cnc2n1.Clc1nc(NCc2ccncc2Cl)c2cc[nH]c2n1.Fc1cnccc1CNc1nc(Cl)nc2[nH]ccc12.Fc1cnccc1CNc1nc(Cl)nc2nc[nH]c12. The van der Waals surface area contributed by atoms with Crippen LogP contribution < -0.4 is 31.3 Å². The van der Waals surface area contributed by atoms with Crippen LogP contribution in [0.25, 0.3) is 55.6 Å². The van der Waals surface area contributed by atoms with Crippen molar-refractivity contribution in [1.82, 2.24) is 115 Å². The van der Waals surface area contributed by atoms with Gasteiger partial charge < -0.3 is 56.2 Å². The number of rotatable bonds is 16. The van der Waals surface area contributed by atoms with E-state index in [1.165, 1.54) is 25.8 Å². The summed E-state index contributed by atoms with van der Waals surface area (Å²) in [4.78, 5) is 87.2. The van der Waals surface area contributed by atoms with Crippen molar-refractivity contribution in [1.29, 1.82) is 0 Å². The maximum absolute atomic E-state index is 13.5. The Morgan fingerprint density at radius 3 is 1.28 bits per heavy atom. The molecule has 95 heavy (non-hydrogen) atoms. The monoisotopic (exact) mass is 1440 g/mol. The zero-order chi connectivity index (χ0) is 66.2. The van der Waals surface area contributed by atoms with E-state index in [-0.39, 0.29) is 44.6 Å². The van der Waals surface area contributed by atoms with Gasteiger partial charge in [-0.1, -0.05) is 23.2 Å². The van der Waals surface area contributed by atoms with Crippen LogP contribution in [0, 0.1) is 11.6 Å². The molecule has 0 unspecified atom stereocenters. The molecule has 0 bridgehead atoms. The van der Waals surface area contributed by atoms with Crippen molar-refractivity contribution in [3.05, 3.63) is 198 Å². The smallest absolute Gasteiger partial charge is 0.295 e. The average Bonchev–Trinajstić information content (AvgIpc) is 1.80. The fourth-order valence-electron chi connectivity index (χ4n) is 8.45. The zero-order valence-corrected chi connectivity index (χ0v) is 54.5. The highest BCUT2D eigenvalue weighted by molar-refractivity contribution is 7.09. The number of fused-ring (bicyclic) bond motifs is 5. The summed E-state index contributed by atoms with van der Waals surface area (Å²) in [6.07, 6.45) is 20.3. The average molecular weight is 1440 g/mol. The summed E-state index contributed by atoms with van der Waals surface area (Å²) in [5.41, 5.74) is 7.59. The second-order valence-electron chi connectivity index (χ2n) is 18.9. The minimum absolute atomic E-state index is 0.0808. The zero-order valence-electron chi connectivity index (χ0n) is 48.4. The molecule has 15 aromatic rings.